The van der Waals surface area contributed by atoms with E-state index in [1.165, 1.54) is 0 Å². The Kier molecular flexibility index (Phi) is 3.78. The fourth-order valence-corrected chi connectivity index (χ4v) is 3.00. The fourth-order valence-electron chi connectivity index (χ4n) is 2.88. The number of benzene rings is 2. The minimum Gasteiger partial charge on any atom is -0.412 e. The number of aromatic nitrogens is 2. The molecule has 0 unspecified atom stereocenters. The number of anilines is 1. The lowest BCUT2D eigenvalue weighted by molar-refractivity contribution is 0.0952. The molecule has 0 aliphatic carbocycles. The highest BCUT2D eigenvalue weighted by atomic mass is 35.5. The molecule has 1 aromatic heterocycles. The topological polar surface area (TPSA) is 59.2 Å². The van der Waals surface area contributed by atoms with Crippen LogP contribution in [0.4, 0.5) is 5.69 Å². The van der Waals surface area contributed by atoms with Crippen LogP contribution < -0.4 is 4.90 Å². The number of fused-ring (bicyclic) bond motifs is 1. The molecule has 3 aromatic rings. The van der Waals surface area contributed by atoms with Crippen LogP contribution in [0.25, 0.3) is 11.5 Å². The van der Waals surface area contributed by atoms with E-state index in [2.05, 4.69) is 10.2 Å². The summed E-state index contributed by atoms with van der Waals surface area (Å²) in [6, 6.07) is 14.9. The quantitative estimate of drug-likeness (QED) is 0.708. The number of hydrogen-bond acceptors (Lipinski definition) is 4. The van der Waals surface area contributed by atoms with Gasteiger partial charge in [0.1, 0.15) is 0 Å². The highest BCUT2D eigenvalue weighted by molar-refractivity contribution is 6.30. The van der Waals surface area contributed by atoms with Gasteiger partial charge in [-0.1, -0.05) is 29.8 Å². The molecule has 5 nitrogen and oxygen atoms in total. The summed E-state index contributed by atoms with van der Waals surface area (Å²) < 4.78 is 5.58. The standard InChI is InChI=1S/C18H14ClN3O2/c19-14-9-7-13(8-10-14)16-20-21-17(24-16)18(23)22-11-3-5-12-4-1-2-6-15(12)22/h1-2,4,6-10H,3,5,11H2. The predicted molar refractivity (Wildman–Crippen MR) is 91.2 cm³/mol. The van der Waals surface area contributed by atoms with Gasteiger partial charge in [0.25, 0.3) is 0 Å². The molecule has 0 radical (unpaired) electrons. The molecule has 0 atom stereocenters. The maximum Gasteiger partial charge on any atom is 0.315 e. The second kappa shape index (κ2) is 6.09. The van der Waals surface area contributed by atoms with Gasteiger partial charge in [0.05, 0.1) is 0 Å². The highest BCUT2D eigenvalue weighted by Gasteiger charge is 2.27. The first-order valence-electron chi connectivity index (χ1n) is 7.71. The molecule has 2 heterocycles. The Morgan fingerprint density at radius 3 is 2.71 bits per heavy atom. The summed E-state index contributed by atoms with van der Waals surface area (Å²) in [6.07, 6.45) is 1.89. The van der Waals surface area contributed by atoms with Crippen molar-refractivity contribution in [3.63, 3.8) is 0 Å². The maximum absolute atomic E-state index is 12.8. The van der Waals surface area contributed by atoms with Gasteiger partial charge in [-0.25, -0.2) is 0 Å². The van der Waals surface area contributed by atoms with Crippen molar-refractivity contribution in [3.8, 4) is 11.5 Å². The fraction of sp³-hybridized carbons (Fsp3) is 0.167. The van der Waals surface area contributed by atoms with Gasteiger partial charge in [-0.3, -0.25) is 4.79 Å². The molecule has 24 heavy (non-hydrogen) atoms. The lowest BCUT2D eigenvalue weighted by atomic mass is 10.0. The van der Waals surface area contributed by atoms with E-state index in [0.29, 0.717) is 17.5 Å². The van der Waals surface area contributed by atoms with Crippen molar-refractivity contribution in [2.75, 3.05) is 11.4 Å². The third-order valence-electron chi connectivity index (χ3n) is 4.05. The lowest BCUT2D eigenvalue weighted by Gasteiger charge is -2.28. The first kappa shape index (κ1) is 14.9. The highest BCUT2D eigenvalue weighted by Crippen LogP contribution is 2.28. The molecular formula is C18H14ClN3O2. The Labute approximate surface area is 143 Å². The Hall–Kier alpha value is -2.66. The van der Waals surface area contributed by atoms with Gasteiger partial charge in [-0.15, -0.1) is 10.2 Å². The number of rotatable bonds is 2. The average Bonchev–Trinajstić information content (AvgIpc) is 3.11. The van der Waals surface area contributed by atoms with Crippen LogP contribution in [0.2, 0.25) is 5.02 Å². The van der Waals surface area contributed by atoms with Crippen molar-refractivity contribution < 1.29 is 9.21 Å². The smallest absolute Gasteiger partial charge is 0.315 e. The van der Waals surface area contributed by atoms with E-state index in [1.54, 1.807) is 29.2 Å². The number of aryl methyl sites for hydroxylation is 1. The van der Waals surface area contributed by atoms with E-state index in [4.69, 9.17) is 16.0 Å². The number of amides is 1. The summed E-state index contributed by atoms with van der Waals surface area (Å²) in [5.41, 5.74) is 2.81. The van der Waals surface area contributed by atoms with Crippen LogP contribution in [0.5, 0.6) is 0 Å². The Balaban J connectivity index is 1.63. The van der Waals surface area contributed by atoms with Crippen LogP contribution >= 0.6 is 11.6 Å². The van der Waals surface area contributed by atoms with Crippen LogP contribution in [0.15, 0.2) is 52.9 Å². The molecule has 0 fully saturated rings. The molecule has 0 bridgehead atoms. The largest absolute Gasteiger partial charge is 0.412 e. The molecule has 4 rings (SSSR count). The summed E-state index contributed by atoms with van der Waals surface area (Å²) in [4.78, 5) is 14.5. The molecule has 0 N–H and O–H groups in total. The van der Waals surface area contributed by atoms with Crippen molar-refractivity contribution in [2.24, 2.45) is 0 Å². The third kappa shape index (κ3) is 2.67. The zero-order chi connectivity index (χ0) is 16.5. The maximum atomic E-state index is 12.8. The van der Waals surface area contributed by atoms with Crippen molar-refractivity contribution in [3.05, 3.63) is 65.0 Å². The van der Waals surface area contributed by atoms with Crippen LogP contribution in [0, 0.1) is 0 Å². The van der Waals surface area contributed by atoms with E-state index in [0.717, 1.165) is 29.7 Å². The van der Waals surface area contributed by atoms with E-state index in [1.807, 2.05) is 24.3 Å². The average molecular weight is 340 g/mol. The minimum absolute atomic E-state index is 0.00310. The van der Waals surface area contributed by atoms with Gasteiger partial charge in [0, 0.05) is 22.8 Å². The summed E-state index contributed by atoms with van der Waals surface area (Å²) in [5.74, 6) is 0.0341. The molecule has 6 heteroatoms. The molecular weight excluding hydrogens is 326 g/mol. The molecule has 1 aliphatic rings. The second-order valence-corrected chi connectivity index (χ2v) is 6.04. The van der Waals surface area contributed by atoms with Crippen molar-refractivity contribution >= 4 is 23.2 Å². The summed E-state index contributed by atoms with van der Waals surface area (Å²) in [5, 5.41) is 8.53. The molecule has 1 aliphatic heterocycles. The third-order valence-corrected chi connectivity index (χ3v) is 4.31. The van der Waals surface area contributed by atoms with Gasteiger partial charge >= 0.3 is 11.8 Å². The van der Waals surface area contributed by atoms with Gasteiger partial charge in [0.2, 0.25) is 5.89 Å². The Morgan fingerprint density at radius 2 is 1.88 bits per heavy atom. The van der Waals surface area contributed by atoms with Crippen LogP contribution in [-0.2, 0) is 6.42 Å². The zero-order valence-electron chi connectivity index (χ0n) is 12.8. The number of halogens is 1. The van der Waals surface area contributed by atoms with Gasteiger partial charge < -0.3 is 9.32 Å². The number of carbonyl (C=O) groups is 1. The monoisotopic (exact) mass is 339 g/mol. The zero-order valence-corrected chi connectivity index (χ0v) is 13.5. The predicted octanol–water partition coefficient (Wildman–Crippen LogP) is 3.98. The number of carbonyl (C=O) groups excluding carboxylic acids is 1. The number of nitrogens with zero attached hydrogens (tertiary/aromatic N) is 3. The SMILES string of the molecule is O=C(c1nnc(-c2ccc(Cl)cc2)o1)N1CCCc2ccccc21. The van der Waals surface area contributed by atoms with Crippen LogP contribution in [0.1, 0.15) is 22.7 Å². The van der Waals surface area contributed by atoms with E-state index < -0.39 is 0 Å². The molecule has 120 valence electrons. The van der Waals surface area contributed by atoms with Gasteiger partial charge in [0.15, 0.2) is 0 Å². The molecule has 0 saturated carbocycles. The first-order chi connectivity index (χ1) is 11.7. The normalized spacial score (nSPS) is 13.6. The lowest BCUT2D eigenvalue weighted by Crippen LogP contribution is -2.35. The summed E-state index contributed by atoms with van der Waals surface area (Å²) in [7, 11) is 0. The van der Waals surface area contributed by atoms with E-state index >= 15 is 0 Å². The molecule has 0 saturated heterocycles. The van der Waals surface area contributed by atoms with E-state index in [-0.39, 0.29) is 11.8 Å². The molecule has 1 amide bonds. The minimum atomic E-state index is -0.269. The van der Waals surface area contributed by atoms with Crippen molar-refractivity contribution in [1.82, 2.24) is 10.2 Å². The van der Waals surface area contributed by atoms with Crippen molar-refractivity contribution in [2.45, 2.75) is 12.8 Å². The first-order valence-corrected chi connectivity index (χ1v) is 8.09. The van der Waals surface area contributed by atoms with Gasteiger partial charge in [-0.2, -0.15) is 0 Å². The van der Waals surface area contributed by atoms with Crippen LogP contribution in [0.3, 0.4) is 0 Å². The summed E-state index contributed by atoms with van der Waals surface area (Å²) >= 11 is 5.88. The second-order valence-electron chi connectivity index (χ2n) is 5.61. The Morgan fingerprint density at radius 1 is 1.08 bits per heavy atom. The number of hydrogen-bond donors (Lipinski definition) is 0. The Bertz CT molecular complexity index is 889. The van der Waals surface area contributed by atoms with Crippen LogP contribution in [-0.4, -0.2) is 22.6 Å². The number of para-hydroxylation sites is 1. The van der Waals surface area contributed by atoms with Gasteiger partial charge in [-0.05, 0) is 48.7 Å². The molecule has 2 aromatic carbocycles. The summed E-state index contributed by atoms with van der Waals surface area (Å²) in [6.45, 7) is 0.647. The van der Waals surface area contributed by atoms with Crippen molar-refractivity contribution in [1.29, 1.82) is 0 Å². The molecule has 0 spiro atoms. The van der Waals surface area contributed by atoms with E-state index in [9.17, 15) is 4.79 Å².